The second kappa shape index (κ2) is 8.68. The maximum Gasteiger partial charge on any atom is 0.313 e. The Hall–Kier alpha value is -2.58. The standard InChI is InChI=1S/C18H20N2O5S/c21-8-6-12(16-2-1-9-26-16)5-7-19-17(22)18(23)20-13-3-4-14-15(10-13)25-11-24-14/h1-4,9-10,12,21H,5-8,11H2,(H,19,22)(H,20,23)/t12-/m1/s1. The van der Waals surface area contributed by atoms with Crippen LogP contribution in [0, 0.1) is 0 Å². The summed E-state index contributed by atoms with van der Waals surface area (Å²) < 4.78 is 10.4. The van der Waals surface area contributed by atoms with Crippen LogP contribution in [-0.4, -0.2) is 36.9 Å². The minimum absolute atomic E-state index is 0.0844. The van der Waals surface area contributed by atoms with Crippen molar-refractivity contribution in [3.05, 3.63) is 40.6 Å². The van der Waals surface area contributed by atoms with Crippen molar-refractivity contribution in [3.8, 4) is 11.5 Å². The summed E-state index contributed by atoms with van der Waals surface area (Å²) in [6.45, 7) is 0.587. The van der Waals surface area contributed by atoms with Gasteiger partial charge in [0.15, 0.2) is 11.5 Å². The lowest BCUT2D eigenvalue weighted by Crippen LogP contribution is -2.36. The lowest BCUT2D eigenvalue weighted by atomic mass is 10.00. The van der Waals surface area contributed by atoms with Gasteiger partial charge in [0.25, 0.3) is 0 Å². The molecule has 3 N–H and O–H groups in total. The number of anilines is 1. The quantitative estimate of drug-likeness (QED) is 0.643. The molecule has 0 unspecified atom stereocenters. The van der Waals surface area contributed by atoms with Crippen LogP contribution >= 0.6 is 11.3 Å². The third kappa shape index (κ3) is 4.53. The number of ether oxygens (including phenoxy) is 2. The number of hydrogen-bond donors (Lipinski definition) is 3. The molecule has 0 radical (unpaired) electrons. The van der Waals surface area contributed by atoms with Gasteiger partial charge >= 0.3 is 11.8 Å². The molecular formula is C18H20N2O5S. The Balaban J connectivity index is 1.47. The molecule has 138 valence electrons. The van der Waals surface area contributed by atoms with Gasteiger partial charge in [0.05, 0.1) is 0 Å². The molecule has 8 heteroatoms. The Morgan fingerprint density at radius 1 is 1.15 bits per heavy atom. The minimum atomic E-state index is -0.737. The first-order valence-electron chi connectivity index (χ1n) is 8.30. The molecule has 1 aromatic heterocycles. The highest BCUT2D eigenvalue weighted by Crippen LogP contribution is 2.34. The predicted octanol–water partition coefficient (Wildman–Crippen LogP) is 2.09. The molecule has 0 spiro atoms. The second-order valence-electron chi connectivity index (χ2n) is 5.79. The lowest BCUT2D eigenvalue weighted by Gasteiger charge is -2.14. The number of rotatable bonds is 7. The SMILES string of the molecule is O=C(NCC[C@H](CCO)c1cccs1)C(=O)Nc1ccc2c(c1)OCO2. The lowest BCUT2D eigenvalue weighted by molar-refractivity contribution is -0.136. The molecule has 0 bridgehead atoms. The third-order valence-corrected chi connectivity index (χ3v) is 5.07. The van der Waals surface area contributed by atoms with E-state index in [0.717, 1.165) is 4.88 Å². The van der Waals surface area contributed by atoms with Crippen molar-refractivity contribution in [2.45, 2.75) is 18.8 Å². The van der Waals surface area contributed by atoms with Gasteiger partial charge in [0, 0.05) is 29.8 Å². The van der Waals surface area contributed by atoms with Crippen LogP contribution in [0.25, 0.3) is 0 Å². The smallest absolute Gasteiger partial charge is 0.313 e. The van der Waals surface area contributed by atoms with E-state index >= 15 is 0 Å². The molecular weight excluding hydrogens is 356 g/mol. The molecule has 0 saturated carbocycles. The molecule has 1 aliphatic rings. The molecule has 1 aromatic carbocycles. The average Bonchev–Trinajstić information content (AvgIpc) is 3.32. The van der Waals surface area contributed by atoms with Gasteiger partial charge in [-0.2, -0.15) is 0 Å². The Morgan fingerprint density at radius 3 is 2.77 bits per heavy atom. The summed E-state index contributed by atoms with van der Waals surface area (Å²) in [5, 5.41) is 16.3. The number of benzene rings is 1. The van der Waals surface area contributed by atoms with E-state index in [2.05, 4.69) is 10.6 Å². The van der Waals surface area contributed by atoms with E-state index in [-0.39, 0.29) is 19.3 Å². The van der Waals surface area contributed by atoms with Gasteiger partial charge < -0.3 is 25.2 Å². The maximum atomic E-state index is 12.0. The molecule has 0 aliphatic carbocycles. The first-order valence-corrected chi connectivity index (χ1v) is 9.18. The fraction of sp³-hybridized carbons (Fsp3) is 0.333. The number of aliphatic hydroxyl groups is 1. The summed E-state index contributed by atoms with van der Waals surface area (Å²) >= 11 is 1.62. The third-order valence-electron chi connectivity index (χ3n) is 4.04. The van der Waals surface area contributed by atoms with Crippen LogP contribution in [0.2, 0.25) is 0 Å². The van der Waals surface area contributed by atoms with E-state index in [0.29, 0.717) is 36.6 Å². The van der Waals surface area contributed by atoms with Crippen LogP contribution in [0.15, 0.2) is 35.7 Å². The number of amides is 2. The molecule has 2 amide bonds. The van der Waals surface area contributed by atoms with Gasteiger partial charge in [0.2, 0.25) is 6.79 Å². The fourth-order valence-corrected chi connectivity index (χ4v) is 3.61. The highest BCUT2D eigenvalue weighted by Gasteiger charge is 2.18. The van der Waals surface area contributed by atoms with Crippen molar-refractivity contribution in [1.82, 2.24) is 5.32 Å². The summed E-state index contributed by atoms with van der Waals surface area (Å²) in [5.74, 6) is -0.130. The fourth-order valence-electron chi connectivity index (χ4n) is 2.71. The molecule has 0 fully saturated rings. The van der Waals surface area contributed by atoms with Crippen molar-refractivity contribution >= 4 is 28.8 Å². The second-order valence-corrected chi connectivity index (χ2v) is 6.77. The predicted molar refractivity (Wildman–Crippen MR) is 97.6 cm³/mol. The van der Waals surface area contributed by atoms with Gasteiger partial charge in [-0.05, 0) is 42.3 Å². The van der Waals surface area contributed by atoms with Crippen LogP contribution in [0.4, 0.5) is 5.69 Å². The zero-order valence-electron chi connectivity index (χ0n) is 14.1. The summed E-state index contributed by atoms with van der Waals surface area (Å²) in [7, 11) is 0. The largest absolute Gasteiger partial charge is 0.454 e. The first-order chi connectivity index (χ1) is 12.7. The number of carbonyl (C=O) groups excluding carboxylic acids is 2. The molecule has 1 atom stereocenters. The summed E-state index contributed by atoms with van der Waals surface area (Å²) in [5.41, 5.74) is 0.464. The number of carbonyl (C=O) groups is 2. The molecule has 3 rings (SSSR count). The molecule has 2 heterocycles. The zero-order chi connectivity index (χ0) is 18.4. The van der Waals surface area contributed by atoms with Crippen molar-refractivity contribution in [1.29, 1.82) is 0 Å². The van der Waals surface area contributed by atoms with Gasteiger partial charge in [-0.25, -0.2) is 0 Å². The van der Waals surface area contributed by atoms with E-state index in [1.807, 2.05) is 17.5 Å². The Bertz CT molecular complexity index is 763. The van der Waals surface area contributed by atoms with E-state index in [1.165, 1.54) is 0 Å². The van der Waals surface area contributed by atoms with Gasteiger partial charge in [0.1, 0.15) is 0 Å². The molecule has 2 aromatic rings. The average molecular weight is 376 g/mol. The monoisotopic (exact) mass is 376 g/mol. The van der Waals surface area contributed by atoms with Crippen LogP contribution in [0.1, 0.15) is 23.6 Å². The van der Waals surface area contributed by atoms with Crippen molar-refractivity contribution in [3.63, 3.8) is 0 Å². The normalized spacial score (nSPS) is 13.3. The number of thiophene rings is 1. The highest BCUT2D eigenvalue weighted by molar-refractivity contribution is 7.10. The van der Waals surface area contributed by atoms with E-state index < -0.39 is 11.8 Å². The summed E-state index contributed by atoms with van der Waals surface area (Å²) in [6.07, 6.45) is 1.28. The number of aliphatic hydroxyl groups excluding tert-OH is 1. The van der Waals surface area contributed by atoms with Gasteiger partial charge in [-0.3, -0.25) is 9.59 Å². The number of fused-ring (bicyclic) bond motifs is 1. The van der Waals surface area contributed by atoms with Crippen LogP contribution < -0.4 is 20.1 Å². The molecule has 1 aliphatic heterocycles. The van der Waals surface area contributed by atoms with E-state index in [4.69, 9.17) is 9.47 Å². The van der Waals surface area contributed by atoms with Crippen LogP contribution in [-0.2, 0) is 9.59 Å². The Labute approximate surface area is 154 Å². The Kier molecular flexibility index (Phi) is 6.08. The van der Waals surface area contributed by atoms with Crippen molar-refractivity contribution in [2.75, 3.05) is 25.3 Å². The number of hydrogen-bond acceptors (Lipinski definition) is 6. The maximum absolute atomic E-state index is 12.0. The summed E-state index contributed by atoms with van der Waals surface area (Å²) in [6, 6.07) is 8.91. The van der Waals surface area contributed by atoms with Crippen LogP contribution in [0.5, 0.6) is 11.5 Å². The number of nitrogens with one attached hydrogen (secondary N) is 2. The zero-order valence-corrected chi connectivity index (χ0v) is 14.9. The minimum Gasteiger partial charge on any atom is -0.454 e. The van der Waals surface area contributed by atoms with Gasteiger partial charge in [-0.1, -0.05) is 6.07 Å². The van der Waals surface area contributed by atoms with Gasteiger partial charge in [-0.15, -0.1) is 11.3 Å². The highest BCUT2D eigenvalue weighted by atomic mass is 32.1. The van der Waals surface area contributed by atoms with Crippen molar-refractivity contribution in [2.24, 2.45) is 0 Å². The van der Waals surface area contributed by atoms with Crippen molar-refractivity contribution < 1.29 is 24.2 Å². The Morgan fingerprint density at radius 2 is 2.00 bits per heavy atom. The van der Waals surface area contributed by atoms with E-state index in [9.17, 15) is 14.7 Å². The molecule has 26 heavy (non-hydrogen) atoms. The van der Waals surface area contributed by atoms with E-state index in [1.54, 1.807) is 29.5 Å². The molecule has 7 nitrogen and oxygen atoms in total. The summed E-state index contributed by atoms with van der Waals surface area (Å²) in [4.78, 5) is 25.2. The first kappa shape index (κ1) is 18.2. The van der Waals surface area contributed by atoms with Crippen LogP contribution in [0.3, 0.4) is 0 Å². The molecule has 0 saturated heterocycles. The topological polar surface area (TPSA) is 96.9 Å².